The van der Waals surface area contributed by atoms with Gasteiger partial charge in [0.05, 0.1) is 7.11 Å². The highest BCUT2D eigenvalue weighted by molar-refractivity contribution is 9.10. The van der Waals surface area contributed by atoms with Gasteiger partial charge in [-0.1, -0.05) is 15.9 Å². The molecule has 0 saturated heterocycles. The molecule has 0 heterocycles. The number of methoxy groups -OCH3 is 1. The number of thioether (sulfide) groups is 1. The van der Waals surface area contributed by atoms with Gasteiger partial charge < -0.3 is 10.1 Å². The van der Waals surface area contributed by atoms with Gasteiger partial charge in [0.15, 0.2) is 0 Å². The molecule has 1 amide bonds. The monoisotopic (exact) mass is 373 g/mol. The lowest BCUT2D eigenvalue weighted by atomic mass is 10.1. The molecule has 0 saturated carbocycles. The van der Waals surface area contributed by atoms with Gasteiger partial charge in [0.2, 0.25) is 0 Å². The van der Waals surface area contributed by atoms with Crippen molar-refractivity contribution in [2.24, 2.45) is 0 Å². The lowest BCUT2D eigenvalue weighted by Crippen LogP contribution is -2.42. The van der Waals surface area contributed by atoms with Crippen LogP contribution in [0, 0.1) is 13.8 Å². The van der Waals surface area contributed by atoms with Crippen molar-refractivity contribution in [1.82, 2.24) is 5.32 Å². The smallest absolute Gasteiger partial charge is 0.328 e. The second kappa shape index (κ2) is 8.44. The van der Waals surface area contributed by atoms with Crippen molar-refractivity contribution >= 4 is 39.6 Å². The van der Waals surface area contributed by atoms with E-state index < -0.39 is 12.0 Å². The summed E-state index contributed by atoms with van der Waals surface area (Å²) in [4.78, 5) is 24.0. The molecule has 21 heavy (non-hydrogen) atoms. The number of esters is 1. The van der Waals surface area contributed by atoms with Gasteiger partial charge in [-0.3, -0.25) is 4.79 Å². The van der Waals surface area contributed by atoms with E-state index in [1.807, 2.05) is 20.1 Å². The first-order valence-corrected chi connectivity index (χ1v) is 8.73. The van der Waals surface area contributed by atoms with Gasteiger partial charge in [-0.15, -0.1) is 0 Å². The fraction of sp³-hybridized carbons (Fsp3) is 0.467. The summed E-state index contributed by atoms with van der Waals surface area (Å²) < 4.78 is 5.73. The lowest BCUT2D eigenvalue weighted by Gasteiger charge is -2.16. The van der Waals surface area contributed by atoms with Crippen LogP contribution in [0.4, 0.5) is 0 Å². The molecular weight excluding hydrogens is 354 g/mol. The minimum Gasteiger partial charge on any atom is -0.467 e. The fourth-order valence-electron chi connectivity index (χ4n) is 1.95. The van der Waals surface area contributed by atoms with Crippen molar-refractivity contribution in [3.05, 3.63) is 33.3 Å². The third-order valence-corrected chi connectivity index (χ3v) is 5.00. The first-order valence-electron chi connectivity index (χ1n) is 6.55. The summed E-state index contributed by atoms with van der Waals surface area (Å²) in [7, 11) is 1.33. The van der Waals surface area contributed by atoms with Crippen molar-refractivity contribution in [2.75, 3.05) is 19.1 Å². The number of carbonyl (C=O) groups excluding carboxylic acids is 2. The van der Waals surface area contributed by atoms with Crippen molar-refractivity contribution < 1.29 is 14.3 Å². The van der Waals surface area contributed by atoms with Gasteiger partial charge in [0.25, 0.3) is 5.91 Å². The number of aryl methyl sites for hydroxylation is 2. The minimum absolute atomic E-state index is 0.259. The molecule has 0 fully saturated rings. The van der Waals surface area contributed by atoms with Gasteiger partial charge in [0.1, 0.15) is 6.04 Å². The Morgan fingerprint density at radius 1 is 1.33 bits per heavy atom. The summed E-state index contributed by atoms with van der Waals surface area (Å²) in [5.41, 5.74) is 2.52. The average Bonchev–Trinajstić information content (AvgIpc) is 2.47. The molecule has 0 radical (unpaired) electrons. The van der Waals surface area contributed by atoms with Gasteiger partial charge in [0, 0.05) is 10.0 Å². The van der Waals surface area contributed by atoms with Crippen molar-refractivity contribution in [3.8, 4) is 0 Å². The average molecular weight is 374 g/mol. The number of hydrogen-bond donors (Lipinski definition) is 1. The molecule has 0 spiro atoms. The second-order valence-corrected chi connectivity index (χ2v) is 6.53. The number of halogens is 1. The summed E-state index contributed by atoms with van der Waals surface area (Å²) >= 11 is 5.10. The number of nitrogens with one attached hydrogen (secondary N) is 1. The van der Waals surface area contributed by atoms with E-state index in [4.69, 9.17) is 4.74 Å². The van der Waals surface area contributed by atoms with Crippen molar-refractivity contribution in [1.29, 1.82) is 0 Å². The Kier molecular flexibility index (Phi) is 7.25. The SMILES string of the molecule is COC(=O)C(CCSC)NC(=O)c1cc(C)c(Br)c(C)c1. The lowest BCUT2D eigenvalue weighted by molar-refractivity contribution is -0.142. The van der Waals surface area contributed by atoms with Crippen LogP contribution >= 0.6 is 27.7 Å². The van der Waals surface area contributed by atoms with Crippen LogP contribution in [0.2, 0.25) is 0 Å². The molecule has 1 atom stereocenters. The van der Waals surface area contributed by atoms with Crippen LogP contribution in [0.5, 0.6) is 0 Å². The molecule has 116 valence electrons. The number of benzene rings is 1. The number of amides is 1. The van der Waals surface area contributed by atoms with Crippen LogP contribution in [0.3, 0.4) is 0 Å². The first-order chi connectivity index (χ1) is 9.90. The topological polar surface area (TPSA) is 55.4 Å². The number of ether oxygens (including phenoxy) is 1. The number of hydrogen-bond acceptors (Lipinski definition) is 4. The van der Waals surface area contributed by atoms with Crippen LogP contribution in [0.15, 0.2) is 16.6 Å². The van der Waals surface area contributed by atoms with Crippen LogP contribution in [-0.2, 0) is 9.53 Å². The zero-order chi connectivity index (χ0) is 16.0. The van der Waals surface area contributed by atoms with Gasteiger partial charge in [-0.2, -0.15) is 11.8 Å². The highest BCUT2D eigenvalue weighted by Gasteiger charge is 2.22. The zero-order valence-corrected chi connectivity index (χ0v) is 15.1. The van der Waals surface area contributed by atoms with E-state index in [1.165, 1.54) is 7.11 Å². The Labute approximate surface area is 138 Å². The third kappa shape index (κ3) is 5.04. The van der Waals surface area contributed by atoms with E-state index >= 15 is 0 Å². The summed E-state index contributed by atoms with van der Waals surface area (Å²) in [5, 5.41) is 2.75. The van der Waals surface area contributed by atoms with E-state index in [2.05, 4.69) is 21.2 Å². The van der Waals surface area contributed by atoms with Crippen molar-refractivity contribution in [2.45, 2.75) is 26.3 Å². The fourth-order valence-corrected chi connectivity index (χ4v) is 2.65. The molecule has 0 bridgehead atoms. The first kappa shape index (κ1) is 18.0. The molecule has 1 aromatic carbocycles. The molecule has 0 aliphatic heterocycles. The highest BCUT2D eigenvalue weighted by atomic mass is 79.9. The minimum atomic E-state index is -0.612. The van der Waals surface area contributed by atoms with Crippen LogP contribution in [0.1, 0.15) is 27.9 Å². The van der Waals surface area contributed by atoms with Gasteiger partial charge in [-0.25, -0.2) is 4.79 Å². The van der Waals surface area contributed by atoms with Crippen LogP contribution in [0.25, 0.3) is 0 Å². The van der Waals surface area contributed by atoms with E-state index in [1.54, 1.807) is 23.9 Å². The predicted octanol–water partition coefficient (Wildman–Crippen LogP) is 3.09. The summed E-state index contributed by atoms with van der Waals surface area (Å²) in [5.74, 6) is 0.103. The van der Waals surface area contributed by atoms with Crippen molar-refractivity contribution in [3.63, 3.8) is 0 Å². The second-order valence-electron chi connectivity index (χ2n) is 4.75. The van der Waals surface area contributed by atoms with Crippen LogP contribution in [-0.4, -0.2) is 37.0 Å². The third-order valence-electron chi connectivity index (χ3n) is 3.10. The Bertz CT molecular complexity index is 511. The van der Waals surface area contributed by atoms with E-state index in [0.29, 0.717) is 12.0 Å². The molecule has 4 nitrogen and oxygen atoms in total. The quantitative estimate of drug-likeness (QED) is 0.778. The maximum Gasteiger partial charge on any atom is 0.328 e. The normalized spacial score (nSPS) is 11.9. The Morgan fingerprint density at radius 3 is 2.38 bits per heavy atom. The highest BCUT2D eigenvalue weighted by Crippen LogP contribution is 2.22. The maximum atomic E-state index is 12.3. The maximum absolute atomic E-state index is 12.3. The zero-order valence-electron chi connectivity index (χ0n) is 12.7. The van der Waals surface area contributed by atoms with E-state index in [-0.39, 0.29) is 5.91 Å². The molecule has 0 aromatic heterocycles. The molecule has 1 N–H and O–H groups in total. The summed E-state index contributed by atoms with van der Waals surface area (Å²) in [6, 6.07) is 2.99. The molecule has 1 rings (SSSR count). The molecular formula is C15H20BrNO3S. The van der Waals surface area contributed by atoms with E-state index in [9.17, 15) is 9.59 Å². The standard InChI is InChI=1S/C15H20BrNO3S/c1-9-7-11(8-10(2)13(9)16)14(18)17-12(5-6-21-4)15(19)20-3/h7-8,12H,5-6H2,1-4H3,(H,17,18). The largest absolute Gasteiger partial charge is 0.467 e. The summed E-state index contributed by atoms with van der Waals surface area (Å²) in [6.07, 6.45) is 2.51. The molecule has 0 aliphatic rings. The Balaban J connectivity index is 2.88. The molecule has 1 aromatic rings. The Hall–Kier alpha value is -1.01. The van der Waals surface area contributed by atoms with Gasteiger partial charge in [-0.05, 0) is 55.5 Å². The van der Waals surface area contributed by atoms with Gasteiger partial charge >= 0.3 is 5.97 Å². The predicted molar refractivity (Wildman–Crippen MR) is 89.9 cm³/mol. The van der Waals surface area contributed by atoms with E-state index in [0.717, 1.165) is 21.4 Å². The molecule has 1 unspecified atom stereocenters. The number of rotatable bonds is 6. The molecule has 0 aliphatic carbocycles. The Morgan fingerprint density at radius 2 is 1.90 bits per heavy atom. The number of carbonyl (C=O) groups is 2. The summed E-state index contributed by atoms with van der Waals surface area (Å²) in [6.45, 7) is 3.86. The molecule has 6 heteroatoms. The van der Waals surface area contributed by atoms with Crippen LogP contribution < -0.4 is 5.32 Å².